The Balaban J connectivity index is 1.51. The zero-order valence-corrected chi connectivity index (χ0v) is 15.8. The molecule has 0 spiro atoms. The van der Waals surface area contributed by atoms with Gasteiger partial charge in [-0.3, -0.25) is 4.90 Å². The van der Waals surface area contributed by atoms with E-state index in [1.165, 1.54) is 0 Å². The predicted octanol–water partition coefficient (Wildman–Crippen LogP) is 4.07. The van der Waals surface area contributed by atoms with Gasteiger partial charge in [-0.15, -0.1) is 0 Å². The van der Waals surface area contributed by atoms with E-state index >= 15 is 0 Å². The van der Waals surface area contributed by atoms with Crippen molar-refractivity contribution in [3.63, 3.8) is 0 Å². The zero-order chi connectivity index (χ0) is 18.8. The Morgan fingerprint density at radius 1 is 1.19 bits per heavy atom. The minimum atomic E-state index is 0.288. The van der Waals surface area contributed by atoms with Crippen LogP contribution in [0.4, 0.5) is 0 Å². The number of ether oxygens (including phenoxy) is 1. The lowest BCUT2D eigenvalue weighted by atomic mass is 10.1. The summed E-state index contributed by atoms with van der Waals surface area (Å²) < 4.78 is 5.26. The molecule has 5 nitrogen and oxygen atoms in total. The molecule has 4 rings (SSSR count). The summed E-state index contributed by atoms with van der Waals surface area (Å²) in [6.07, 6.45) is 2.76. The Morgan fingerprint density at radius 2 is 2.00 bits per heavy atom. The largest absolute Gasteiger partial charge is 0.508 e. The minimum absolute atomic E-state index is 0.288. The zero-order valence-electron chi connectivity index (χ0n) is 15.0. The molecule has 0 amide bonds. The Kier molecular flexibility index (Phi) is 4.97. The SMILES string of the molecule is COc1ccc(O)c(CN2CCc3nc(-c4ccc(Cl)cc4)ncc3C2)c1. The molecule has 2 aromatic carbocycles. The highest BCUT2D eigenvalue weighted by Gasteiger charge is 2.20. The maximum Gasteiger partial charge on any atom is 0.159 e. The fourth-order valence-corrected chi connectivity index (χ4v) is 3.43. The van der Waals surface area contributed by atoms with Gasteiger partial charge >= 0.3 is 0 Å². The van der Waals surface area contributed by atoms with Crippen LogP contribution in [-0.2, 0) is 19.5 Å². The van der Waals surface area contributed by atoms with Gasteiger partial charge in [-0.05, 0) is 42.5 Å². The van der Waals surface area contributed by atoms with Gasteiger partial charge in [0.05, 0.1) is 12.8 Å². The predicted molar refractivity (Wildman–Crippen MR) is 105 cm³/mol. The summed E-state index contributed by atoms with van der Waals surface area (Å²) >= 11 is 5.96. The molecule has 1 aromatic heterocycles. The number of aromatic nitrogens is 2. The first-order chi connectivity index (χ1) is 13.1. The van der Waals surface area contributed by atoms with Crippen molar-refractivity contribution in [2.24, 2.45) is 0 Å². The minimum Gasteiger partial charge on any atom is -0.508 e. The number of aromatic hydroxyl groups is 1. The standard InChI is InChI=1S/C21H20ClN3O2/c1-27-18-6-7-20(26)15(10-18)12-25-9-8-19-16(13-25)11-23-21(24-19)14-2-4-17(22)5-3-14/h2-7,10-11,26H,8-9,12-13H2,1H3. The molecule has 0 unspecified atom stereocenters. The lowest BCUT2D eigenvalue weighted by molar-refractivity contribution is 0.239. The molecule has 0 saturated heterocycles. The Bertz CT molecular complexity index is 960. The quantitative estimate of drug-likeness (QED) is 0.738. The summed E-state index contributed by atoms with van der Waals surface area (Å²) in [6, 6.07) is 12.9. The summed E-state index contributed by atoms with van der Waals surface area (Å²) in [5, 5.41) is 10.8. The van der Waals surface area contributed by atoms with Crippen LogP contribution in [0.5, 0.6) is 11.5 Å². The number of hydrogen-bond donors (Lipinski definition) is 1. The number of halogens is 1. The highest BCUT2D eigenvalue weighted by atomic mass is 35.5. The molecular weight excluding hydrogens is 362 g/mol. The number of phenolic OH excluding ortho intramolecular Hbond substituents is 1. The fraction of sp³-hybridized carbons (Fsp3) is 0.238. The molecule has 1 aliphatic rings. The van der Waals surface area contributed by atoms with Gasteiger partial charge in [-0.1, -0.05) is 11.6 Å². The normalized spacial score (nSPS) is 14.0. The average molecular weight is 382 g/mol. The topological polar surface area (TPSA) is 58.5 Å². The molecule has 0 fully saturated rings. The van der Waals surface area contributed by atoms with Crippen LogP contribution in [0.2, 0.25) is 5.02 Å². The Labute approximate surface area is 163 Å². The number of nitrogens with zero attached hydrogens (tertiary/aromatic N) is 3. The second kappa shape index (κ2) is 7.55. The highest BCUT2D eigenvalue weighted by Crippen LogP contribution is 2.27. The first kappa shape index (κ1) is 17.8. The summed E-state index contributed by atoms with van der Waals surface area (Å²) in [7, 11) is 1.63. The number of rotatable bonds is 4. The van der Waals surface area contributed by atoms with E-state index in [4.69, 9.17) is 21.3 Å². The molecular formula is C21H20ClN3O2. The van der Waals surface area contributed by atoms with E-state index in [1.54, 1.807) is 19.2 Å². The van der Waals surface area contributed by atoms with E-state index in [1.807, 2.05) is 36.5 Å². The number of hydrogen-bond acceptors (Lipinski definition) is 5. The monoisotopic (exact) mass is 381 g/mol. The number of phenols is 1. The second-order valence-electron chi connectivity index (χ2n) is 6.63. The molecule has 2 heterocycles. The van der Waals surface area contributed by atoms with Crippen LogP contribution in [-0.4, -0.2) is 33.6 Å². The third-order valence-corrected chi connectivity index (χ3v) is 5.05. The summed E-state index contributed by atoms with van der Waals surface area (Å²) in [5.74, 6) is 1.76. The summed E-state index contributed by atoms with van der Waals surface area (Å²) in [5.41, 5.74) is 4.03. The first-order valence-corrected chi connectivity index (χ1v) is 9.19. The van der Waals surface area contributed by atoms with E-state index in [2.05, 4.69) is 9.88 Å². The molecule has 0 saturated carbocycles. The molecule has 6 heteroatoms. The van der Waals surface area contributed by atoms with Gasteiger partial charge in [0, 0.05) is 54.0 Å². The van der Waals surface area contributed by atoms with Gasteiger partial charge in [0.15, 0.2) is 5.82 Å². The van der Waals surface area contributed by atoms with Crippen molar-refractivity contribution in [3.8, 4) is 22.9 Å². The molecule has 27 heavy (non-hydrogen) atoms. The van der Waals surface area contributed by atoms with Gasteiger partial charge in [0.25, 0.3) is 0 Å². The van der Waals surface area contributed by atoms with Crippen LogP contribution in [0, 0.1) is 0 Å². The van der Waals surface area contributed by atoms with Crippen molar-refractivity contribution in [1.29, 1.82) is 0 Å². The maximum atomic E-state index is 10.1. The van der Waals surface area contributed by atoms with E-state index in [0.717, 1.165) is 53.5 Å². The van der Waals surface area contributed by atoms with Crippen LogP contribution in [0.1, 0.15) is 16.8 Å². The molecule has 0 atom stereocenters. The Hall–Kier alpha value is -2.63. The fourth-order valence-electron chi connectivity index (χ4n) is 3.30. The summed E-state index contributed by atoms with van der Waals surface area (Å²) in [4.78, 5) is 11.6. The molecule has 1 N–H and O–H groups in total. The third kappa shape index (κ3) is 3.89. The van der Waals surface area contributed by atoms with Crippen molar-refractivity contribution in [2.75, 3.05) is 13.7 Å². The smallest absolute Gasteiger partial charge is 0.159 e. The number of benzene rings is 2. The lowest BCUT2D eigenvalue weighted by Crippen LogP contribution is -2.31. The van der Waals surface area contributed by atoms with E-state index in [0.29, 0.717) is 11.6 Å². The number of fused-ring (bicyclic) bond motifs is 1. The lowest BCUT2D eigenvalue weighted by Gasteiger charge is -2.28. The van der Waals surface area contributed by atoms with Crippen molar-refractivity contribution in [2.45, 2.75) is 19.5 Å². The van der Waals surface area contributed by atoms with Crippen molar-refractivity contribution in [1.82, 2.24) is 14.9 Å². The average Bonchev–Trinajstić information content (AvgIpc) is 2.70. The molecule has 0 radical (unpaired) electrons. The summed E-state index contributed by atoms with van der Waals surface area (Å²) in [6.45, 7) is 2.29. The van der Waals surface area contributed by atoms with Gasteiger partial charge in [0.1, 0.15) is 11.5 Å². The van der Waals surface area contributed by atoms with E-state index in [-0.39, 0.29) is 5.75 Å². The Morgan fingerprint density at radius 3 is 2.78 bits per heavy atom. The van der Waals surface area contributed by atoms with Crippen LogP contribution < -0.4 is 4.74 Å². The van der Waals surface area contributed by atoms with Crippen LogP contribution in [0.25, 0.3) is 11.4 Å². The number of methoxy groups -OCH3 is 1. The first-order valence-electron chi connectivity index (χ1n) is 8.81. The highest BCUT2D eigenvalue weighted by molar-refractivity contribution is 6.30. The molecule has 0 bridgehead atoms. The van der Waals surface area contributed by atoms with Gasteiger partial charge in [0.2, 0.25) is 0 Å². The van der Waals surface area contributed by atoms with E-state index in [9.17, 15) is 5.11 Å². The van der Waals surface area contributed by atoms with Crippen molar-refractivity contribution in [3.05, 3.63) is 70.5 Å². The van der Waals surface area contributed by atoms with Crippen molar-refractivity contribution >= 4 is 11.6 Å². The second-order valence-corrected chi connectivity index (χ2v) is 7.06. The van der Waals surface area contributed by atoms with Crippen molar-refractivity contribution < 1.29 is 9.84 Å². The maximum absolute atomic E-state index is 10.1. The van der Waals surface area contributed by atoms with Gasteiger partial charge < -0.3 is 9.84 Å². The molecule has 138 valence electrons. The third-order valence-electron chi connectivity index (χ3n) is 4.80. The van der Waals surface area contributed by atoms with Gasteiger partial charge in [-0.25, -0.2) is 9.97 Å². The molecule has 3 aromatic rings. The van der Waals surface area contributed by atoms with Crippen LogP contribution >= 0.6 is 11.6 Å². The van der Waals surface area contributed by atoms with E-state index < -0.39 is 0 Å². The van der Waals surface area contributed by atoms with Crippen LogP contribution in [0.3, 0.4) is 0 Å². The van der Waals surface area contributed by atoms with Gasteiger partial charge in [-0.2, -0.15) is 0 Å². The molecule has 1 aliphatic heterocycles. The molecule has 0 aliphatic carbocycles. The van der Waals surface area contributed by atoms with Crippen LogP contribution in [0.15, 0.2) is 48.7 Å².